The number of rotatable bonds is 7. The summed E-state index contributed by atoms with van der Waals surface area (Å²) in [6.07, 6.45) is 1.79. The first kappa shape index (κ1) is 17.3. The Hall–Kier alpha value is -1.75. The molecule has 21 heavy (non-hydrogen) atoms. The minimum atomic E-state index is -0.0301. The van der Waals surface area contributed by atoms with Crippen molar-refractivity contribution < 1.29 is 4.79 Å². The first-order valence-electron chi connectivity index (χ1n) is 7.11. The average Bonchev–Trinajstić information content (AvgIpc) is 2.50. The second-order valence-corrected chi connectivity index (χ2v) is 5.02. The Morgan fingerprint density at radius 3 is 2.48 bits per heavy atom. The van der Waals surface area contributed by atoms with Gasteiger partial charge < -0.3 is 16.0 Å². The van der Waals surface area contributed by atoms with E-state index in [1.807, 2.05) is 31.2 Å². The van der Waals surface area contributed by atoms with Crippen molar-refractivity contribution in [3.05, 3.63) is 34.9 Å². The largest absolute Gasteiger partial charge is 0.356 e. The minimum Gasteiger partial charge on any atom is -0.356 e. The van der Waals surface area contributed by atoms with E-state index in [4.69, 9.17) is 11.6 Å². The third-order valence-corrected chi connectivity index (χ3v) is 3.08. The normalized spacial score (nSPS) is 11.1. The molecule has 0 unspecified atom stereocenters. The molecule has 0 radical (unpaired) electrons. The van der Waals surface area contributed by atoms with Gasteiger partial charge in [0, 0.05) is 25.2 Å². The molecule has 1 rings (SSSR count). The molecule has 0 bridgehead atoms. The Labute approximate surface area is 131 Å². The van der Waals surface area contributed by atoms with E-state index in [-0.39, 0.29) is 12.5 Å². The summed E-state index contributed by atoms with van der Waals surface area (Å²) in [6, 6.07) is 7.75. The van der Waals surface area contributed by atoms with E-state index in [1.165, 1.54) is 5.56 Å². The summed E-state index contributed by atoms with van der Waals surface area (Å²) < 4.78 is 0. The van der Waals surface area contributed by atoms with E-state index in [0.29, 0.717) is 12.5 Å². The molecule has 6 heteroatoms. The summed E-state index contributed by atoms with van der Waals surface area (Å²) in [6.45, 7) is 3.67. The predicted octanol–water partition coefficient (Wildman–Crippen LogP) is 1.57. The molecule has 0 aliphatic rings. The lowest BCUT2D eigenvalue weighted by atomic mass is 10.1. The van der Waals surface area contributed by atoms with Gasteiger partial charge in [-0.1, -0.05) is 30.7 Å². The van der Waals surface area contributed by atoms with Crippen molar-refractivity contribution in [3.8, 4) is 0 Å². The van der Waals surface area contributed by atoms with Crippen molar-refractivity contribution in [3.63, 3.8) is 0 Å². The summed E-state index contributed by atoms with van der Waals surface area (Å²) in [5.41, 5.74) is 1.20. The van der Waals surface area contributed by atoms with Crippen LogP contribution in [-0.4, -0.2) is 38.5 Å². The number of carbonyl (C=O) groups is 1. The monoisotopic (exact) mass is 310 g/mol. The van der Waals surface area contributed by atoms with Crippen LogP contribution in [0.2, 0.25) is 5.02 Å². The van der Waals surface area contributed by atoms with Crippen molar-refractivity contribution in [1.82, 2.24) is 16.0 Å². The van der Waals surface area contributed by atoms with E-state index in [1.54, 1.807) is 7.05 Å². The molecule has 5 nitrogen and oxygen atoms in total. The molecule has 1 aromatic carbocycles. The van der Waals surface area contributed by atoms with E-state index < -0.39 is 0 Å². The van der Waals surface area contributed by atoms with Crippen molar-refractivity contribution in [2.75, 3.05) is 26.7 Å². The van der Waals surface area contributed by atoms with Crippen LogP contribution in [-0.2, 0) is 11.2 Å². The minimum absolute atomic E-state index is 0.0301. The molecule has 0 aliphatic heterocycles. The number of aliphatic imine (C=N–C) groups is 1. The summed E-state index contributed by atoms with van der Waals surface area (Å²) in [4.78, 5) is 15.6. The van der Waals surface area contributed by atoms with Gasteiger partial charge >= 0.3 is 0 Å². The van der Waals surface area contributed by atoms with Gasteiger partial charge in [-0.2, -0.15) is 0 Å². The fourth-order valence-electron chi connectivity index (χ4n) is 1.69. The Bertz CT molecular complexity index is 459. The second kappa shape index (κ2) is 10.0. The van der Waals surface area contributed by atoms with Gasteiger partial charge in [0.05, 0.1) is 6.54 Å². The number of guanidine groups is 1. The Morgan fingerprint density at radius 1 is 1.14 bits per heavy atom. The molecule has 0 saturated heterocycles. The van der Waals surface area contributed by atoms with Gasteiger partial charge in [-0.15, -0.1) is 0 Å². The molecule has 0 atom stereocenters. The van der Waals surface area contributed by atoms with Crippen LogP contribution in [0.1, 0.15) is 18.9 Å². The summed E-state index contributed by atoms with van der Waals surface area (Å²) >= 11 is 5.84. The van der Waals surface area contributed by atoms with Gasteiger partial charge in [0.2, 0.25) is 5.91 Å². The SMILES string of the molecule is CCCNC(=O)CNC(=NC)NCCc1ccc(Cl)cc1. The van der Waals surface area contributed by atoms with Gasteiger partial charge in [-0.25, -0.2) is 0 Å². The summed E-state index contributed by atoms with van der Waals surface area (Å²) in [5.74, 6) is 0.591. The highest BCUT2D eigenvalue weighted by Gasteiger charge is 2.02. The van der Waals surface area contributed by atoms with E-state index in [2.05, 4.69) is 20.9 Å². The zero-order valence-electron chi connectivity index (χ0n) is 12.6. The lowest BCUT2D eigenvalue weighted by molar-refractivity contribution is -0.120. The molecular weight excluding hydrogens is 288 g/mol. The van der Waals surface area contributed by atoms with Gasteiger partial charge in [0.15, 0.2) is 5.96 Å². The average molecular weight is 311 g/mol. The van der Waals surface area contributed by atoms with E-state index in [0.717, 1.165) is 24.4 Å². The first-order chi connectivity index (χ1) is 10.2. The molecule has 1 amide bonds. The van der Waals surface area contributed by atoms with Crippen LogP contribution >= 0.6 is 11.6 Å². The number of amides is 1. The highest BCUT2D eigenvalue weighted by Crippen LogP contribution is 2.09. The quantitative estimate of drug-likeness (QED) is 0.529. The zero-order chi connectivity index (χ0) is 15.5. The third kappa shape index (κ3) is 7.56. The summed E-state index contributed by atoms with van der Waals surface area (Å²) in [7, 11) is 1.68. The van der Waals surface area contributed by atoms with Gasteiger partial charge in [0.25, 0.3) is 0 Å². The molecular formula is C15H23ClN4O. The van der Waals surface area contributed by atoms with E-state index >= 15 is 0 Å². The number of halogens is 1. The molecule has 116 valence electrons. The molecule has 0 aliphatic carbocycles. The van der Waals surface area contributed by atoms with Crippen molar-refractivity contribution in [1.29, 1.82) is 0 Å². The van der Waals surface area contributed by atoms with Gasteiger partial charge in [0.1, 0.15) is 0 Å². The topological polar surface area (TPSA) is 65.5 Å². The van der Waals surface area contributed by atoms with Crippen LogP contribution in [0.5, 0.6) is 0 Å². The van der Waals surface area contributed by atoms with Crippen molar-refractivity contribution in [2.45, 2.75) is 19.8 Å². The first-order valence-corrected chi connectivity index (χ1v) is 7.49. The molecule has 0 saturated carbocycles. The van der Waals surface area contributed by atoms with Crippen LogP contribution < -0.4 is 16.0 Å². The molecule has 0 fully saturated rings. The fraction of sp³-hybridized carbons (Fsp3) is 0.467. The highest BCUT2D eigenvalue weighted by atomic mass is 35.5. The van der Waals surface area contributed by atoms with Crippen LogP contribution in [0.4, 0.5) is 0 Å². The van der Waals surface area contributed by atoms with Crippen molar-refractivity contribution >= 4 is 23.5 Å². The van der Waals surface area contributed by atoms with Gasteiger partial charge in [-0.3, -0.25) is 9.79 Å². The standard InChI is InChI=1S/C15H23ClN4O/c1-3-9-18-14(21)11-20-15(17-2)19-10-8-12-4-6-13(16)7-5-12/h4-7H,3,8-11H2,1-2H3,(H,18,21)(H2,17,19,20). The maximum Gasteiger partial charge on any atom is 0.239 e. The number of nitrogens with one attached hydrogen (secondary N) is 3. The Balaban J connectivity index is 2.25. The molecule has 1 aromatic rings. The zero-order valence-corrected chi connectivity index (χ0v) is 13.3. The Kier molecular flexibility index (Phi) is 8.28. The maximum atomic E-state index is 11.5. The van der Waals surface area contributed by atoms with Crippen LogP contribution in [0, 0.1) is 0 Å². The lowest BCUT2D eigenvalue weighted by Crippen LogP contribution is -2.43. The van der Waals surface area contributed by atoms with Crippen LogP contribution in [0.3, 0.4) is 0 Å². The third-order valence-electron chi connectivity index (χ3n) is 2.83. The number of benzene rings is 1. The maximum absolute atomic E-state index is 11.5. The number of carbonyl (C=O) groups excluding carboxylic acids is 1. The number of hydrogen-bond donors (Lipinski definition) is 3. The van der Waals surface area contributed by atoms with E-state index in [9.17, 15) is 4.79 Å². The van der Waals surface area contributed by atoms with Crippen LogP contribution in [0.15, 0.2) is 29.3 Å². The van der Waals surface area contributed by atoms with Crippen LogP contribution in [0.25, 0.3) is 0 Å². The molecule has 3 N–H and O–H groups in total. The second-order valence-electron chi connectivity index (χ2n) is 4.58. The lowest BCUT2D eigenvalue weighted by Gasteiger charge is -2.11. The smallest absolute Gasteiger partial charge is 0.239 e. The van der Waals surface area contributed by atoms with Gasteiger partial charge in [-0.05, 0) is 30.5 Å². The Morgan fingerprint density at radius 2 is 1.86 bits per heavy atom. The fourth-order valence-corrected chi connectivity index (χ4v) is 1.81. The number of nitrogens with zero attached hydrogens (tertiary/aromatic N) is 1. The molecule has 0 spiro atoms. The molecule has 0 heterocycles. The molecule has 0 aromatic heterocycles. The summed E-state index contributed by atoms with van der Waals surface area (Å²) in [5, 5.41) is 9.69. The number of hydrogen-bond acceptors (Lipinski definition) is 2. The predicted molar refractivity (Wildman–Crippen MR) is 87.8 cm³/mol. The van der Waals surface area contributed by atoms with Crippen molar-refractivity contribution in [2.24, 2.45) is 4.99 Å². The highest BCUT2D eigenvalue weighted by molar-refractivity contribution is 6.30.